The maximum Gasteiger partial charge on any atom is 0.257 e. The number of anilines is 1. The lowest BCUT2D eigenvalue weighted by atomic mass is 10.2. The van der Waals surface area contributed by atoms with Gasteiger partial charge in [-0.2, -0.15) is 0 Å². The first-order valence-electron chi connectivity index (χ1n) is 6.86. The van der Waals surface area contributed by atoms with E-state index in [0.29, 0.717) is 16.5 Å². The van der Waals surface area contributed by atoms with E-state index in [4.69, 9.17) is 4.42 Å². The third kappa shape index (κ3) is 2.76. The second-order valence-corrected chi connectivity index (χ2v) is 6.68. The van der Waals surface area contributed by atoms with Gasteiger partial charge in [0, 0.05) is 10.9 Å². The number of benzene rings is 1. The summed E-state index contributed by atoms with van der Waals surface area (Å²) in [5.74, 6) is 1.35. The number of hydrogen-bond acceptors (Lipinski definition) is 6. The van der Waals surface area contributed by atoms with Gasteiger partial charge in [0.05, 0.1) is 15.7 Å². The molecule has 0 saturated heterocycles. The van der Waals surface area contributed by atoms with Gasteiger partial charge in [-0.1, -0.05) is 0 Å². The van der Waals surface area contributed by atoms with Crippen LogP contribution >= 0.6 is 22.7 Å². The molecule has 0 aliphatic heterocycles. The first kappa shape index (κ1) is 14.1. The summed E-state index contributed by atoms with van der Waals surface area (Å²) in [6.45, 7) is 1.88. The van der Waals surface area contributed by atoms with E-state index in [1.807, 2.05) is 36.6 Å². The number of furan rings is 1. The standard InChI is InChI=1S/C16H11N3O2S2/c1-9-2-5-13(21-9)12-7-22-16(18-12)19-15(20)10-3-4-11-14(6-10)23-8-17-11/h2-8H,1H3,(H,18,19,20). The number of nitrogens with zero attached hydrogens (tertiary/aromatic N) is 2. The highest BCUT2D eigenvalue weighted by molar-refractivity contribution is 7.16. The van der Waals surface area contributed by atoms with Crippen molar-refractivity contribution in [3.8, 4) is 11.5 Å². The Hall–Kier alpha value is -2.51. The summed E-state index contributed by atoms with van der Waals surface area (Å²) in [5.41, 5.74) is 3.98. The Balaban J connectivity index is 1.55. The van der Waals surface area contributed by atoms with E-state index in [2.05, 4.69) is 15.3 Å². The molecule has 0 unspecified atom stereocenters. The molecule has 0 saturated carbocycles. The summed E-state index contributed by atoms with van der Waals surface area (Å²) in [5, 5.41) is 5.23. The average Bonchev–Trinajstić information content (AvgIpc) is 3.26. The molecule has 0 radical (unpaired) electrons. The molecule has 0 spiro atoms. The van der Waals surface area contributed by atoms with Crippen LogP contribution in [-0.4, -0.2) is 15.9 Å². The van der Waals surface area contributed by atoms with Gasteiger partial charge in [0.2, 0.25) is 0 Å². The molecule has 3 aromatic heterocycles. The molecule has 3 heterocycles. The molecule has 1 N–H and O–H groups in total. The predicted molar refractivity (Wildman–Crippen MR) is 92.1 cm³/mol. The Morgan fingerprint density at radius 2 is 2.13 bits per heavy atom. The quantitative estimate of drug-likeness (QED) is 0.592. The molecule has 0 bridgehead atoms. The summed E-state index contributed by atoms with van der Waals surface area (Å²) in [4.78, 5) is 20.9. The van der Waals surface area contributed by atoms with E-state index in [9.17, 15) is 4.79 Å². The molecule has 5 nitrogen and oxygen atoms in total. The minimum absolute atomic E-state index is 0.183. The Morgan fingerprint density at radius 1 is 1.22 bits per heavy atom. The first-order chi connectivity index (χ1) is 11.2. The molecule has 1 amide bonds. The fourth-order valence-electron chi connectivity index (χ4n) is 2.18. The van der Waals surface area contributed by atoms with E-state index in [1.165, 1.54) is 22.7 Å². The van der Waals surface area contributed by atoms with Crippen LogP contribution in [0.1, 0.15) is 16.1 Å². The van der Waals surface area contributed by atoms with Crippen LogP contribution in [0.2, 0.25) is 0 Å². The molecular weight excluding hydrogens is 330 g/mol. The van der Waals surface area contributed by atoms with Crippen LogP contribution in [0.25, 0.3) is 21.7 Å². The number of rotatable bonds is 3. The third-order valence-corrected chi connectivity index (χ3v) is 4.86. The van der Waals surface area contributed by atoms with E-state index < -0.39 is 0 Å². The number of nitrogens with one attached hydrogen (secondary N) is 1. The van der Waals surface area contributed by atoms with Crippen molar-refractivity contribution in [2.45, 2.75) is 6.92 Å². The number of fused-ring (bicyclic) bond motifs is 1. The Labute approximate surface area is 139 Å². The number of carbonyl (C=O) groups excluding carboxylic acids is 1. The summed E-state index contributed by atoms with van der Waals surface area (Å²) in [7, 11) is 0. The van der Waals surface area contributed by atoms with Crippen LogP contribution in [-0.2, 0) is 0 Å². The van der Waals surface area contributed by atoms with Crippen molar-refractivity contribution in [2.75, 3.05) is 5.32 Å². The number of aryl methyl sites for hydroxylation is 1. The van der Waals surface area contributed by atoms with Crippen molar-refractivity contribution in [1.29, 1.82) is 0 Å². The number of hydrogen-bond donors (Lipinski definition) is 1. The third-order valence-electron chi connectivity index (χ3n) is 3.31. The summed E-state index contributed by atoms with van der Waals surface area (Å²) in [6, 6.07) is 9.21. The minimum atomic E-state index is -0.183. The Morgan fingerprint density at radius 3 is 2.96 bits per heavy atom. The van der Waals surface area contributed by atoms with Crippen molar-refractivity contribution < 1.29 is 9.21 Å². The normalized spacial score (nSPS) is 11.0. The van der Waals surface area contributed by atoms with E-state index >= 15 is 0 Å². The average molecular weight is 341 g/mol. The van der Waals surface area contributed by atoms with Gasteiger partial charge in [-0.05, 0) is 37.3 Å². The van der Waals surface area contributed by atoms with Gasteiger partial charge in [-0.15, -0.1) is 22.7 Å². The van der Waals surface area contributed by atoms with Crippen LogP contribution in [0.5, 0.6) is 0 Å². The van der Waals surface area contributed by atoms with Gasteiger partial charge in [-0.3, -0.25) is 10.1 Å². The van der Waals surface area contributed by atoms with Gasteiger partial charge in [0.1, 0.15) is 11.5 Å². The summed E-state index contributed by atoms with van der Waals surface area (Å²) in [6.07, 6.45) is 0. The second-order valence-electron chi connectivity index (χ2n) is 4.94. The van der Waals surface area contributed by atoms with Gasteiger partial charge in [0.15, 0.2) is 10.9 Å². The van der Waals surface area contributed by atoms with Crippen molar-refractivity contribution in [3.05, 3.63) is 52.5 Å². The van der Waals surface area contributed by atoms with Crippen LogP contribution in [0.3, 0.4) is 0 Å². The largest absolute Gasteiger partial charge is 0.460 e. The second kappa shape index (κ2) is 5.60. The number of thiazole rings is 2. The highest BCUT2D eigenvalue weighted by Crippen LogP contribution is 2.27. The molecule has 1 aromatic carbocycles. The van der Waals surface area contributed by atoms with Crippen LogP contribution in [0, 0.1) is 6.92 Å². The van der Waals surface area contributed by atoms with Gasteiger partial charge >= 0.3 is 0 Å². The first-order valence-corrected chi connectivity index (χ1v) is 8.62. The Kier molecular flexibility index (Phi) is 3.44. The smallest absolute Gasteiger partial charge is 0.257 e. The lowest BCUT2D eigenvalue weighted by Gasteiger charge is -2.01. The zero-order chi connectivity index (χ0) is 15.8. The zero-order valence-corrected chi connectivity index (χ0v) is 13.7. The molecule has 4 rings (SSSR count). The summed E-state index contributed by atoms with van der Waals surface area (Å²) < 4.78 is 6.53. The molecule has 0 fully saturated rings. The van der Waals surface area contributed by atoms with E-state index in [0.717, 1.165) is 21.7 Å². The molecule has 0 atom stereocenters. The molecule has 0 aliphatic carbocycles. The van der Waals surface area contributed by atoms with Gasteiger partial charge in [-0.25, -0.2) is 9.97 Å². The maximum atomic E-state index is 12.3. The highest BCUT2D eigenvalue weighted by Gasteiger charge is 2.12. The van der Waals surface area contributed by atoms with Crippen LogP contribution < -0.4 is 5.32 Å². The van der Waals surface area contributed by atoms with E-state index in [-0.39, 0.29) is 5.91 Å². The Bertz CT molecular complexity index is 1000. The monoisotopic (exact) mass is 341 g/mol. The topological polar surface area (TPSA) is 68.0 Å². The van der Waals surface area contributed by atoms with Crippen molar-refractivity contribution in [2.24, 2.45) is 0 Å². The molecule has 0 aliphatic rings. The minimum Gasteiger partial charge on any atom is -0.460 e. The number of amides is 1. The summed E-state index contributed by atoms with van der Waals surface area (Å²) >= 11 is 2.88. The van der Waals surface area contributed by atoms with E-state index in [1.54, 1.807) is 11.6 Å². The highest BCUT2D eigenvalue weighted by atomic mass is 32.1. The number of aromatic nitrogens is 2. The van der Waals surface area contributed by atoms with Gasteiger partial charge in [0.25, 0.3) is 5.91 Å². The molecule has 4 aromatic rings. The molecule has 7 heteroatoms. The van der Waals surface area contributed by atoms with Crippen molar-refractivity contribution in [1.82, 2.24) is 9.97 Å². The lowest BCUT2D eigenvalue weighted by molar-refractivity contribution is 0.102. The fourth-order valence-corrected chi connectivity index (χ4v) is 3.59. The lowest BCUT2D eigenvalue weighted by Crippen LogP contribution is -2.11. The number of carbonyl (C=O) groups is 1. The van der Waals surface area contributed by atoms with Crippen molar-refractivity contribution in [3.63, 3.8) is 0 Å². The van der Waals surface area contributed by atoms with Gasteiger partial charge < -0.3 is 4.42 Å². The van der Waals surface area contributed by atoms with Crippen molar-refractivity contribution >= 4 is 43.9 Å². The zero-order valence-electron chi connectivity index (χ0n) is 12.1. The maximum absolute atomic E-state index is 12.3. The molecular formula is C16H11N3O2S2. The molecule has 114 valence electrons. The van der Waals surface area contributed by atoms with Crippen LogP contribution in [0.4, 0.5) is 5.13 Å². The fraction of sp³-hybridized carbons (Fsp3) is 0.0625. The molecule has 23 heavy (non-hydrogen) atoms. The SMILES string of the molecule is Cc1ccc(-c2csc(NC(=O)c3ccc4ncsc4c3)n2)o1. The van der Waals surface area contributed by atoms with Crippen LogP contribution in [0.15, 0.2) is 45.6 Å². The predicted octanol–water partition coefficient (Wildman–Crippen LogP) is 4.57.